The van der Waals surface area contributed by atoms with Crippen LogP contribution in [0.2, 0.25) is 0 Å². The third kappa shape index (κ3) is 4.56. The molecule has 0 aliphatic carbocycles. The number of benzene rings is 1. The van der Waals surface area contributed by atoms with Crippen molar-refractivity contribution in [3.63, 3.8) is 0 Å². The Morgan fingerprint density at radius 1 is 1.41 bits per heavy atom. The highest BCUT2D eigenvalue weighted by Gasteiger charge is 2.03. The average molecular weight is 234 g/mol. The van der Waals surface area contributed by atoms with Gasteiger partial charge >= 0.3 is 0 Å². The van der Waals surface area contributed by atoms with Gasteiger partial charge in [-0.1, -0.05) is 24.8 Å². The lowest BCUT2D eigenvalue weighted by atomic mass is 10.1. The monoisotopic (exact) mass is 234 g/mol. The molecule has 0 atom stereocenters. The van der Waals surface area contributed by atoms with Crippen molar-refractivity contribution in [3.05, 3.63) is 35.1 Å². The quantitative estimate of drug-likeness (QED) is 0.807. The number of hydrogen-bond acceptors (Lipinski definition) is 2. The van der Waals surface area contributed by atoms with Gasteiger partial charge in [0, 0.05) is 6.54 Å². The Kier molecular flexibility index (Phi) is 5.68. The molecule has 0 spiro atoms. The SMILES string of the molecule is CCCN(C)Cc1ccc(F)c(C#CCN)c1. The van der Waals surface area contributed by atoms with Crippen molar-refractivity contribution in [2.24, 2.45) is 5.73 Å². The minimum atomic E-state index is -0.284. The molecule has 92 valence electrons. The molecule has 3 heteroatoms. The van der Waals surface area contributed by atoms with Gasteiger partial charge < -0.3 is 10.6 Å². The van der Waals surface area contributed by atoms with Gasteiger partial charge in [-0.15, -0.1) is 0 Å². The van der Waals surface area contributed by atoms with Crippen LogP contribution in [0.1, 0.15) is 24.5 Å². The zero-order valence-electron chi connectivity index (χ0n) is 10.5. The molecule has 1 aromatic carbocycles. The Balaban J connectivity index is 2.81. The number of nitrogens with two attached hydrogens (primary N) is 1. The largest absolute Gasteiger partial charge is 0.320 e. The fraction of sp³-hybridized carbons (Fsp3) is 0.429. The predicted molar refractivity (Wildman–Crippen MR) is 69.0 cm³/mol. The van der Waals surface area contributed by atoms with E-state index in [1.54, 1.807) is 12.1 Å². The Morgan fingerprint density at radius 3 is 2.82 bits per heavy atom. The van der Waals surface area contributed by atoms with E-state index in [9.17, 15) is 4.39 Å². The molecular formula is C14H19FN2. The first-order valence-corrected chi connectivity index (χ1v) is 5.83. The molecule has 0 radical (unpaired) electrons. The summed E-state index contributed by atoms with van der Waals surface area (Å²) < 4.78 is 13.4. The highest BCUT2D eigenvalue weighted by molar-refractivity contribution is 5.38. The summed E-state index contributed by atoms with van der Waals surface area (Å²) in [4.78, 5) is 2.20. The lowest BCUT2D eigenvalue weighted by molar-refractivity contribution is 0.327. The molecule has 17 heavy (non-hydrogen) atoms. The molecule has 2 nitrogen and oxygen atoms in total. The van der Waals surface area contributed by atoms with E-state index in [-0.39, 0.29) is 12.4 Å². The van der Waals surface area contributed by atoms with Gasteiger partial charge in [-0.05, 0) is 37.7 Å². The Labute approximate surface area is 103 Å². The lowest BCUT2D eigenvalue weighted by Crippen LogP contribution is -2.18. The van der Waals surface area contributed by atoms with E-state index >= 15 is 0 Å². The van der Waals surface area contributed by atoms with E-state index in [4.69, 9.17) is 5.73 Å². The van der Waals surface area contributed by atoms with Crippen LogP contribution in [0.15, 0.2) is 18.2 Å². The zero-order chi connectivity index (χ0) is 12.7. The van der Waals surface area contributed by atoms with Crippen molar-refractivity contribution in [2.75, 3.05) is 20.1 Å². The van der Waals surface area contributed by atoms with Gasteiger partial charge in [0.25, 0.3) is 0 Å². The summed E-state index contributed by atoms with van der Waals surface area (Å²) in [6.45, 7) is 4.23. The van der Waals surface area contributed by atoms with Crippen molar-refractivity contribution < 1.29 is 4.39 Å². The van der Waals surface area contributed by atoms with Crippen molar-refractivity contribution in [1.82, 2.24) is 4.90 Å². The topological polar surface area (TPSA) is 29.3 Å². The first kappa shape index (κ1) is 13.7. The third-order valence-electron chi connectivity index (χ3n) is 2.41. The highest BCUT2D eigenvalue weighted by Crippen LogP contribution is 2.11. The highest BCUT2D eigenvalue weighted by atomic mass is 19.1. The summed E-state index contributed by atoms with van der Waals surface area (Å²) in [6.07, 6.45) is 1.11. The van der Waals surface area contributed by atoms with Crippen LogP contribution in [-0.2, 0) is 6.54 Å². The van der Waals surface area contributed by atoms with Gasteiger partial charge in [0.1, 0.15) is 5.82 Å². The fourth-order valence-electron chi connectivity index (χ4n) is 1.69. The lowest BCUT2D eigenvalue weighted by Gasteiger charge is -2.15. The van der Waals surface area contributed by atoms with Crippen LogP contribution in [0.25, 0.3) is 0 Å². The average Bonchev–Trinajstić information content (AvgIpc) is 2.30. The van der Waals surface area contributed by atoms with E-state index in [2.05, 4.69) is 30.7 Å². The van der Waals surface area contributed by atoms with E-state index in [1.807, 2.05) is 0 Å². The molecule has 0 aliphatic rings. The van der Waals surface area contributed by atoms with E-state index < -0.39 is 0 Å². The molecule has 2 N–H and O–H groups in total. The maximum absolute atomic E-state index is 13.4. The Bertz CT molecular complexity index is 418. The van der Waals surface area contributed by atoms with E-state index in [1.165, 1.54) is 6.07 Å². The van der Waals surface area contributed by atoms with Crippen LogP contribution in [0.3, 0.4) is 0 Å². The van der Waals surface area contributed by atoms with Crippen LogP contribution in [0.4, 0.5) is 4.39 Å². The maximum atomic E-state index is 13.4. The summed E-state index contributed by atoms with van der Waals surface area (Å²) in [5.41, 5.74) is 6.78. The van der Waals surface area contributed by atoms with Gasteiger partial charge in [0.2, 0.25) is 0 Å². The molecule has 0 bridgehead atoms. The Morgan fingerprint density at radius 2 is 2.18 bits per heavy atom. The maximum Gasteiger partial charge on any atom is 0.138 e. The Hall–Kier alpha value is -1.37. The van der Waals surface area contributed by atoms with Gasteiger partial charge in [-0.25, -0.2) is 4.39 Å². The molecule has 0 heterocycles. The van der Waals surface area contributed by atoms with Crippen LogP contribution < -0.4 is 5.73 Å². The molecule has 1 aromatic rings. The van der Waals surface area contributed by atoms with Crippen molar-refractivity contribution in [3.8, 4) is 11.8 Å². The summed E-state index contributed by atoms with van der Waals surface area (Å²) in [5, 5.41) is 0. The van der Waals surface area contributed by atoms with Crippen LogP contribution in [0.5, 0.6) is 0 Å². The molecule has 0 unspecified atom stereocenters. The minimum absolute atomic E-state index is 0.249. The molecule has 0 aliphatic heterocycles. The second kappa shape index (κ2) is 7.05. The first-order chi connectivity index (χ1) is 8.17. The number of nitrogens with zero attached hydrogens (tertiary/aromatic N) is 1. The summed E-state index contributed by atoms with van der Waals surface area (Å²) >= 11 is 0. The molecule has 0 saturated heterocycles. The van der Waals surface area contributed by atoms with Gasteiger partial charge in [-0.3, -0.25) is 0 Å². The second-order valence-electron chi connectivity index (χ2n) is 4.06. The smallest absolute Gasteiger partial charge is 0.138 e. The van der Waals surface area contributed by atoms with Crippen molar-refractivity contribution in [2.45, 2.75) is 19.9 Å². The van der Waals surface area contributed by atoms with Crippen molar-refractivity contribution >= 4 is 0 Å². The number of rotatable bonds is 4. The predicted octanol–water partition coefficient (Wildman–Crippen LogP) is 1.98. The molecular weight excluding hydrogens is 215 g/mol. The fourth-order valence-corrected chi connectivity index (χ4v) is 1.69. The normalized spacial score (nSPS) is 10.2. The number of hydrogen-bond donors (Lipinski definition) is 1. The zero-order valence-corrected chi connectivity index (χ0v) is 10.5. The van der Waals surface area contributed by atoms with Crippen LogP contribution in [0, 0.1) is 17.7 Å². The summed E-state index contributed by atoms with van der Waals surface area (Å²) in [6, 6.07) is 5.06. The second-order valence-corrected chi connectivity index (χ2v) is 4.06. The third-order valence-corrected chi connectivity index (χ3v) is 2.41. The molecule has 0 saturated carbocycles. The first-order valence-electron chi connectivity index (χ1n) is 5.83. The molecule has 0 amide bonds. The van der Waals surface area contributed by atoms with E-state index in [0.29, 0.717) is 5.56 Å². The van der Waals surface area contributed by atoms with Gasteiger partial charge in [-0.2, -0.15) is 0 Å². The van der Waals surface area contributed by atoms with Gasteiger partial charge in [0.05, 0.1) is 12.1 Å². The molecule has 1 rings (SSSR count). The van der Waals surface area contributed by atoms with Gasteiger partial charge in [0.15, 0.2) is 0 Å². The van der Waals surface area contributed by atoms with Crippen LogP contribution in [-0.4, -0.2) is 25.0 Å². The summed E-state index contributed by atoms with van der Waals surface area (Å²) in [7, 11) is 2.05. The molecule has 0 fully saturated rings. The standard InChI is InChI=1S/C14H19FN2/c1-3-9-17(2)11-12-6-7-14(15)13(10-12)5-4-8-16/h6-7,10H,3,8-9,11,16H2,1-2H3. The summed E-state index contributed by atoms with van der Waals surface area (Å²) in [5.74, 6) is 5.14. The number of halogens is 1. The van der Waals surface area contributed by atoms with Crippen molar-refractivity contribution in [1.29, 1.82) is 0 Å². The van der Waals surface area contributed by atoms with Crippen LogP contribution >= 0.6 is 0 Å². The molecule has 0 aromatic heterocycles. The van der Waals surface area contributed by atoms with E-state index in [0.717, 1.165) is 25.1 Å². The minimum Gasteiger partial charge on any atom is -0.320 e.